The van der Waals surface area contributed by atoms with Crippen LogP contribution in [0, 0.1) is 13.8 Å². The Bertz CT molecular complexity index is 1630. The van der Waals surface area contributed by atoms with Crippen molar-refractivity contribution < 1.29 is 19.2 Å². The number of nitrogens with zero attached hydrogens (tertiary/aromatic N) is 2. The van der Waals surface area contributed by atoms with Gasteiger partial charge in [-0.1, -0.05) is 66.7 Å². The number of anilines is 1. The van der Waals surface area contributed by atoms with Crippen LogP contribution in [0.25, 0.3) is 0 Å². The summed E-state index contributed by atoms with van der Waals surface area (Å²) in [7, 11) is 0. The first-order chi connectivity index (χ1) is 18.4. The highest BCUT2D eigenvalue weighted by atomic mass is 16.2. The van der Waals surface area contributed by atoms with Crippen LogP contribution in [0.15, 0.2) is 97.1 Å². The number of hydrogen-bond donors (Lipinski definition) is 0. The van der Waals surface area contributed by atoms with Crippen molar-refractivity contribution in [2.45, 2.75) is 25.9 Å². The van der Waals surface area contributed by atoms with Crippen LogP contribution in [0.2, 0.25) is 0 Å². The maximum Gasteiger partial charge on any atom is 0.266 e. The van der Waals surface area contributed by atoms with Gasteiger partial charge >= 0.3 is 0 Å². The number of carbonyl (C=O) groups excluding carboxylic acids is 4. The van der Waals surface area contributed by atoms with Crippen molar-refractivity contribution in [1.82, 2.24) is 4.90 Å². The average Bonchev–Trinajstić information content (AvgIpc) is 3.64. The largest absolute Gasteiger partial charge is 0.316 e. The fraction of sp³-hybridized carbons (Fsp3) is 0.125. The van der Waals surface area contributed by atoms with Crippen LogP contribution in [0.1, 0.15) is 64.2 Å². The number of amides is 3. The van der Waals surface area contributed by atoms with Crippen LogP contribution in [-0.4, -0.2) is 34.4 Å². The zero-order valence-electron chi connectivity index (χ0n) is 20.9. The van der Waals surface area contributed by atoms with E-state index in [9.17, 15) is 19.2 Å². The van der Waals surface area contributed by atoms with E-state index in [1.165, 1.54) is 12.1 Å². The number of aryl methyl sites for hydroxylation is 2. The third kappa shape index (κ3) is 3.73. The molecule has 1 saturated heterocycles. The fourth-order valence-corrected chi connectivity index (χ4v) is 5.14. The Morgan fingerprint density at radius 2 is 1.32 bits per heavy atom. The minimum atomic E-state index is -0.648. The van der Waals surface area contributed by atoms with Crippen molar-refractivity contribution in [3.8, 4) is 0 Å². The van der Waals surface area contributed by atoms with Gasteiger partial charge in [0, 0.05) is 11.1 Å². The number of carbonyl (C=O) groups is 4. The second-order valence-electron chi connectivity index (χ2n) is 9.72. The van der Waals surface area contributed by atoms with Crippen LogP contribution in [0.4, 0.5) is 5.69 Å². The van der Waals surface area contributed by atoms with Gasteiger partial charge in [-0.3, -0.25) is 19.2 Å². The molecular weight excluding hydrogens is 476 g/mol. The van der Waals surface area contributed by atoms with Gasteiger partial charge in [-0.2, -0.15) is 0 Å². The molecule has 0 unspecified atom stereocenters. The zero-order valence-corrected chi connectivity index (χ0v) is 20.9. The molecule has 0 spiro atoms. The zero-order chi connectivity index (χ0) is 26.6. The monoisotopic (exact) mass is 500 g/mol. The molecule has 1 fully saturated rings. The van der Waals surface area contributed by atoms with Crippen molar-refractivity contribution in [3.05, 3.63) is 136 Å². The maximum absolute atomic E-state index is 13.7. The molecule has 0 radical (unpaired) electrons. The van der Waals surface area contributed by atoms with Gasteiger partial charge in [0.15, 0.2) is 5.78 Å². The van der Waals surface area contributed by atoms with E-state index in [0.29, 0.717) is 11.3 Å². The van der Waals surface area contributed by atoms with E-state index in [2.05, 4.69) is 0 Å². The summed E-state index contributed by atoms with van der Waals surface area (Å²) in [5, 5.41) is 0. The number of imide groups is 1. The van der Waals surface area contributed by atoms with Crippen molar-refractivity contribution in [2.75, 3.05) is 4.90 Å². The quantitative estimate of drug-likeness (QED) is 0.205. The normalized spacial score (nSPS) is 17.9. The Balaban J connectivity index is 1.33. The van der Waals surface area contributed by atoms with Crippen molar-refractivity contribution >= 4 is 29.2 Å². The van der Waals surface area contributed by atoms with E-state index < -0.39 is 23.9 Å². The lowest BCUT2D eigenvalue weighted by Crippen LogP contribution is -2.29. The summed E-state index contributed by atoms with van der Waals surface area (Å²) in [6, 6.07) is 27.3. The summed E-state index contributed by atoms with van der Waals surface area (Å²) >= 11 is 0. The smallest absolute Gasteiger partial charge is 0.266 e. The predicted molar refractivity (Wildman–Crippen MR) is 143 cm³/mol. The topological polar surface area (TPSA) is 74.5 Å². The molecule has 6 rings (SSSR count). The highest BCUT2D eigenvalue weighted by Gasteiger charge is 2.56. The van der Waals surface area contributed by atoms with Gasteiger partial charge in [0.25, 0.3) is 17.7 Å². The molecule has 4 aromatic carbocycles. The summed E-state index contributed by atoms with van der Waals surface area (Å²) in [6.07, 6.45) is 0. The number of ketones is 1. The minimum Gasteiger partial charge on any atom is -0.316 e. The first-order valence-electron chi connectivity index (χ1n) is 12.4. The Morgan fingerprint density at radius 3 is 2.00 bits per heavy atom. The fourth-order valence-electron chi connectivity index (χ4n) is 5.14. The highest BCUT2D eigenvalue weighted by Crippen LogP contribution is 2.46. The summed E-state index contributed by atoms with van der Waals surface area (Å²) in [4.78, 5) is 56.3. The van der Waals surface area contributed by atoms with E-state index in [1.54, 1.807) is 41.3 Å². The van der Waals surface area contributed by atoms with Gasteiger partial charge in [-0.15, -0.1) is 0 Å². The van der Waals surface area contributed by atoms with Crippen molar-refractivity contribution in [1.29, 1.82) is 0 Å². The highest BCUT2D eigenvalue weighted by molar-refractivity contribution is 6.34. The van der Waals surface area contributed by atoms with Crippen LogP contribution in [-0.2, 0) is 0 Å². The van der Waals surface area contributed by atoms with Crippen molar-refractivity contribution in [2.24, 2.45) is 0 Å². The molecular formula is C32H24N2O4. The van der Waals surface area contributed by atoms with Gasteiger partial charge in [0.1, 0.15) is 6.04 Å². The second-order valence-corrected chi connectivity index (χ2v) is 9.72. The summed E-state index contributed by atoms with van der Waals surface area (Å²) < 4.78 is 0. The van der Waals surface area contributed by atoms with Gasteiger partial charge in [-0.25, -0.2) is 4.90 Å². The van der Waals surface area contributed by atoms with E-state index in [4.69, 9.17) is 0 Å². The molecule has 6 nitrogen and oxygen atoms in total. The van der Waals surface area contributed by atoms with E-state index >= 15 is 0 Å². The van der Waals surface area contributed by atoms with Crippen LogP contribution in [0.5, 0.6) is 0 Å². The molecule has 3 amide bonds. The molecule has 6 heteroatoms. The second kappa shape index (κ2) is 8.92. The lowest BCUT2D eigenvalue weighted by molar-refractivity contribution is 0.0833. The maximum atomic E-state index is 13.7. The lowest BCUT2D eigenvalue weighted by Gasteiger charge is -2.15. The molecule has 0 N–H and O–H groups in total. The minimum absolute atomic E-state index is 0.138. The number of rotatable bonds is 5. The van der Waals surface area contributed by atoms with E-state index in [-0.39, 0.29) is 28.4 Å². The first-order valence-corrected chi connectivity index (χ1v) is 12.4. The molecule has 2 aliphatic heterocycles. The van der Waals surface area contributed by atoms with Gasteiger partial charge in [0.05, 0.1) is 22.9 Å². The summed E-state index contributed by atoms with van der Waals surface area (Å²) in [6.45, 7) is 3.89. The Kier molecular flexibility index (Phi) is 5.53. The number of fused-ring (bicyclic) bond motifs is 1. The average molecular weight is 501 g/mol. The molecule has 0 bridgehead atoms. The molecule has 4 aromatic rings. The standard InChI is InChI=1S/C32H24N2O4/c1-19-13-15-24(17-20(19)2)33-31(37)25-16-14-23(18-26(25)32(33)38)30(36)34-27(21-9-5-3-6-10-21)28(34)29(35)22-11-7-4-8-12-22/h3-18,27-28H,1-2H3/t27-,28+,34?/m1/s1. The molecule has 2 aliphatic rings. The predicted octanol–water partition coefficient (Wildman–Crippen LogP) is 5.55. The molecule has 0 saturated carbocycles. The molecule has 2 heterocycles. The third-order valence-corrected chi connectivity index (χ3v) is 7.39. The SMILES string of the molecule is Cc1ccc(N2C(=O)c3ccc(C(=O)N4[C@H](C(=O)c5ccccc5)[C@H]4c4ccccc4)cc3C2=O)cc1C. The first kappa shape index (κ1) is 23.6. The number of Topliss-reactive ketones (excluding diaryl/α,β-unsaturated/α-hetero) is 1. The van der Waals surface area contributed by atoms with Gasteiger partial charge in [-0.05, 0) is 60.9 Å². The van der Waals surface area contributed by atoms with E-state index in [1.807, 2.05) is 62.4 Å². The van der Waals surface area contributed by atoms with Crippen LogP contribution >= 0.6 is 0 Å². The molecule has 0 aromatic heterocycles. The third-order valence-electron chi connectivity index (χ3n) is 7.39. The van der Waals surface area contributed by atoms with Gasteiger partial charge in [0.2, 0.25) is 0 Å². The Hall–Kier alpha value is -4.84. The van der Waals surface area contributed by atoms with Crippen LogP contribution < -0.4 is 4.90 Å². The Labute approximate surface area is 220 Å². The Morgan fingerprint density at radius 1 is 0.658 bits per heavy atom. The van der Waals surface area contributed by atoms with Crippen molar-refractivity contribution in [3.63, 3.8) is 0 Å². The molecule has 0 aliphatic carbocycles. The number of hydrogen-bond acceptors (Lipinski definition) is 4. The van der Waals surface area contributed by atoms with E-state index in [0.717, 1.165) is 21.6 Å². The number of benzene rings is 4. The molecule has 2 atom stereocenters. The van der Waals surface area contributed by atoms with Gasteiger partial charge < -0.3 is 4.90 Å². The molecule has 186 valence electrons. The van der Waals surface area contributed by atoms with Crippen LogP contribution in [0.3, 0.4) is 0 Å². The summed E-state index contributed by atoms with van der Waals surface area (Å²) in [5.41, 5.74) is 4.62. The lowest BCUT2D eigenvalue weighted by atomic mass is 10.0. The summed E-state index contributed by atoms with van der Waals surface area (Å²) in [5.74, 6) is -1.38. The molecule has 38 heavy (non-hydrogen) atoms.